The molecule has 1 saturated heterocycles. The zero-order valence-corrected chi connectivity index (χ0v) is 16.1. The van der Waals surface area contributed by atoms with Gasteiger partial charge in [-0.1, -0.05) is 17.3 Å². The summed E-state index contributed by atoms with van der Waals surface area (Å²) < 4.78 is 56.9. The topological polar surface area (TPSA) is 109 Å². The van der Waals surface area contributed by atoms with Crippen molar-refractivity contribution in [3.63, 3.8) is 0 Å². The van der Waals surface area contributed by atoms with Gasteiger partial charge in [0.15, 0.2) is 0 Å². The van der Waals surface area contributed by atoms with Crippen LogP contribution < -0.4 is 10.2 Å². The Bertz CT molecular complexity index is 1190. The number of para-hydroxylation sites is 2. The summed E-state index contributed by atoms with van der Waals surface area (Å²) in [7, 11) is 0. The van der Waals surface area contributed by atoms with Crippen molar-refractivity contribution < 1.29 is 36.8 Å². The fourth-order valence-corrected chi connectivity index (χ4v) is 3.33. The molecule has 3 aromatic rings. The molecule has 32 heavy (non-hydrogen) atoms. The first kappa shape index (κ1) is 21.3. The highest BCUT2D eigenvalue weighted by molar-refractivity contribution is 6.08. The Labute approximate surface area is 177 Å². The van der Waals surface area contributed by atoms with E-state index in [9.17, 15) is 32.3 Å². The van der Waals surface area contributed by atoms with Gasteiger partial charge in [0.25, 0.3) is 0 Å². The van der Waals surface area contributed by atoms with E-state index in [-0.39, 0.29) is 35.5 Å². The summed E-state index contributed by atoms with van der Waals surface area (Å²) in [5.74, 6) is -4.33. The Balaban J connectivity index is 1.60. The molecule has 8 nitrogen and oxygen atoms in total. The molecular formula is C20H14F4N4O4. The van der Waals surface area contributed by atoms with E-state index in [0.29, 0.717) is 0 Å². The average molecular weight is 450 g/mol. The molecule has 2 N–H and O–H groups in total. The van der Waals surface area contributed by atoms with Gasteiger partial charge in [-0.2, -0.15) is 18.2 Å². The number of aromatic hydroxyl groups is 1. The summed E-state index contributed by atoms with van der Waals surface area (Å²) in [6, 6.07) is 8.15. The number of phenolic OH excluding ortho intramolecular Hbond substituents is 1. The summed E-state index contributed by atoms with van der Waals surface area (Å²) in [5, 5.41) is 15.5. The molecule has 0 radical (unpaired) electrons. The lowest BCUT2D eigenvalue weighted by Crippen LogP contribution is -2.42. The van der Waals surface area contributed by atoms with Crippen molar-refractivity contribution >= 4 is 23.2 Å². The number of hydrogen-bond acceptors (Lipinski definition) is 6. The molecule has 1 fully saturated rings. The molecule has 1 aliphatic rings. The molecule has 1 unspecified atom stereocenters. The Morgan fingerprint density at radius 2 is 1.97 bits per heavy atom. The van der Waals surface area contributed by atoms with Gasteiger partial charge in [-0.05, 0) is 36.8 Å². The summed E-state index contributed by atoms with van der Waals surface area (Å²) in [6.07, 6.45) is -4.75. The van der Waals surface area contributed by atoms with Crippen LogP contribution >= 0.6 is 0 Å². The van der Waals surface area contributed by atoms with Crippen LogP contribution in [0.4, 0.5) is 28.9 Å². The van der Waals surface area contributed by atoms with Crippen LogP contribution in [0.15, 0.2) is 47.0 Å². The molecule has 166 valence electrons. The van der Waals surface area contributed by atoms with Crippen molar-refractivity contribution in [2.45, 2.75) is 25.1 Å². The minimum absolute atomic E-state index is 0.0141. The van der Waals surface area contributed by atoms with E-state index in [4.69, 9.17) is 0 Å². The van der Waals surface area contributed by atoms with Crippen molar-refractivity contribution in [2.24, 2.45) is 0 Å². The number of carbonyl (C=O) groups is 2. The van der Waals surface area contributed by atoms with Crippen LogP contribution in [0.1, 0.15) is 18.7 Å². The standard InChI is InChI=1S/C20H14F4N4O4/c21-11-9-10(17-26-19(32-27-17)20(22,23)24)5-6-13(11)28-14(7-8-16(28)30)18(31)25-12-3-1-2-4-15(12)29/h1-6,9,14,29H,7-8H2,(H,25,31). The summed E-state index contributed by atoms with van der Waals surface area (Å²) in [4.78, 5) is 29.3. The van der Waals surface area contributed by atoms with E-state index < -0.39 is 41.6 Å². The number of aromatic nitrogens is 2. The van der Waals surface area contributed by atoms with Crippen LogP contribution in [0.5, 0.6) is 5.75 Å². The normalized spacial score (nSPS) is 16.4. The first-order valence-electron chi connectivity index (χ1n) is 9.27. The van der Waals surface area contributed by atoms with E-state index in [1.54, 1.807) is 12.1 Å². The van der Waals surface area contributed by atoms with Crippen LogP contribution in [0.2, 0.25) is 0 Å². The van der Waals surface area contributed by atoms with Gasteiger partial charge < -0.3 is 14.9 Å². The number of nitrogens with one attached hydrogen (secondary N) is 1. The van der Waals surface area contributed by atoms with Gasteiger partial charge in [0.2, 0.25) is 17.6 Å². The number of halogens is 4. The van der Waals surface area contributed by atoms with Gasteiger partial charge in [0, 0.05) is 12.0 Å². The first-order chi connectivity index (χ1) is 15.1. The van der Waals surface area contributed by atoms with Crippen LogP contribution in [-0.2, 0) is 15.8 Å². The number of carbonyl (C=O) groups excluding carboxylic acids is 2. The van der Waals surface area contributed by atoms with Crippen LogP contribution in [0.3, 0.4) is 0 Å². The molecular weight excluding hydrogens is 436 g/mol. The lowest BCUT2D eigenvalue weighted by atomic mass is 10.1. The maximum Gasteiger partial charge on any atom is 0.471 e. The van der Waals surface area contributed by atoms with Crippen molar-refractivity contribution in [3.05, 3.63) is 54.2 Å². The first-order valence-corrected chi connectivity index (χ1v) is 9.27. The van der Waals surface area contributed by atoms with Gasteiger partial charge in [0.1, 0.15) is 17.6 Å². The number of nitrogens with zero attached hydrogens (tertiary/aromatic N) is 3. The number of rotatable bonds is 4. The van der Waals surface area contributed by atoms with Crippen molar-refractivity contribution in [1.82, 2.24) is 10.1 Å². The fraction of sp³-hybridized carbons (Fsp3) is 0.200. The molecule has 1 atom stereocenters. The number of benzene rings is 2. The van der Waals surface area contributed by atoms with Gasteiger partial charge in [-0.25, -0.2) is 4.39 Å². The summed E-state index contributed by atoms with van der Waals surface area (Å²) in [5.41, 5.74) is -0.203. The second-order valence-electron chi connectivity index (χ2n) is 6.91. The Morgan fingerprint density at radius 3 is 2.62 bits per heavy atom. The molecule has 2 aromatic carbocycles. The Hall–Kier alpha value is -3.96. The number of amides is 2. The maximum atomic E-state index is 14.9. The number of hydrogen-bond donors (Lipinski definition) is 2. The third-order valence-corrected chi connectivity index (χ3v) is 4.81. The maximum absolute atomic E-state index is 14.9. The van der Waals surface area contributed by atoms with Gasteiger partial charge >= 0.3 is 12.1 Å². The van der Waals surface area contributed by atoms with Gasteiger partial charge in [-0.3, -0.25) is 14.5 Å². The second kappa shape index (κ2) is 7.94. The average Bonchev–Trinajstić information content (AvgIpc) is 3.37. The summed E-state index contributed by atoms with van der Waals surface area (Å²) in [6.45, 7) is 0. The largest absolute Gasteiger partial charge is 0.506 e. The molecule has 1 aromatic heterocycles. The molecule has 0 spiro atoms. The van der Waals surface area contributed by atoms with E-state index in [2.05, 4.69) is 20.0 Å². The van der Waals surface area contributed by atoms with Crippen molar-refractivity contribution in [3.8, 4) is 17.1 Å². The monoisotopic (exact) mass is 450 g/mol. The van der Waals surface area contributed by atoms with E-state index in [1.807, 2.05) is 0 Å². The zero-order chi connectivity index (χ0) is 23.0. The second-order valence-corrected chi connectivity index (χ2v) is 6.91. The Morgan fingerprint density at radius 1 is 1.22 bits per heavy atom. The lowest BCUT2D eigenvalue weighted by molar-refractivity contribution is -0.159. The predicted octanol–water partition coefficient (Wildman–Crippen LogP) is 3.73. The van der Waals surface area contributed by atoms with Gasteiger partial charge in [0.05, 0.1) is 11.4 Å². The van der Waals surface area contributed by atoms with E-state index >= 15 is 0 Å². The molecule has 0 saturated carbocycles. The third kappa shape index (κ3) is 3.98. The van der Waals surface area contributed by atoms with Gasteiger partial charge in [-0.15, -0.1) is 0 Å². The van der Waals surface area contributed by atoms with E-state index in [1.165, 1.54) is 18.2 Å². The molecule has 4 rings (SSSR count). The highest BCUT2D eigenvalue weighted by Gasteiger charge is 2.40. The van der Waals surface area contributed by atoms with Crippen molar-refractivity contribution in [1.29, 1.82) is 0 Å². The minimum Gasteiger partial charge on any atom is -0.506 e. The van der Waals surface area contributed by atoms with E-state index in [0.717, 1.165) is 17.0 Å². The number of phenols is 1. The highest BCUT2D eigenvalue weighted by Crippen LogP contribution is 2.34. The van der Waals surface area contributed by atoms with Crippen LogP contribution in [-0.4, -0.2) is 33.1 Å². The SMILES string of the molecule is O=C(Nc1ccccc1O)C1CCC(=O)N1c1ccc(-c2noc(C(F)(F)F)n2)cc1F. The molecule has 2 heterocycles. The van der Waals surface area contributed by atoms with Crippen LogP contribution in [0.25, 0.3) is 11.4 Å². The molecule has 0 bridgehead atoms. The highest BCUT2D eigenvalue weighted by atomic mass is 19.4. The minimum atomic E-state index is -4.85. The van der Waals surface area contributed by atoms with Crippen molar-refractivity contribution in [2.75, 3.05) is 10.2 Å². The number of alkyl halides is 3. The molecule has 12 heteroatoms. The third-order valence-electron chi connectivity index (χ3n) is 4.81. The fourth-order valence-electron chi connectivity index (χ4n) is 3.33. The lowest BCUT2D eigenvalue weighted by Gasteiger charge is -2.25. The zero-order valence-electron chi connectivity index (χ0n) is 16.1. The van der Waals surface area contributed by atoms with Crippen LogP contribution in [0, 0.1) is 5.82 Å². The summed E-state index contributed by atoms with van der Waals surface area (Å²) >= 11 is 0. The Kier molecular flexibility index (Phi) is 5.28. The predicted molar refractivity (Wildman–Crippen MR) is 102 cm³/mol. The molecule has 2 amide bonds. The quantitative estimate of drug-likeness (QED) is 0.463. The molecule has 1 aliphatic heterocycles. The number of anilines is 2. The molecule has 0 aliphatic carbocycles. The smallest absolute Gasteiger partial charge is 0.471 e.